The van der Waals surface area contributed by atoms with Gasteiger partial charge in [-0.05, 0) is 42.7 Å². The summed E-state index contributed by atoms with van der Waals surface area (Å²) in [6.45, 7) is -0.568. The summed E-state index contributed by atoms with van der Waals surface area (Å²) in [5.41, 5.74) is 1.10. The molecule has 0 radical (unpaired) electrons. The van der Waals surface area contributed by atoms with E-state index >= 15 is 0 Å². The Hall–Kier alpha value is -2.40. The van der Waals surface area contributed by atoms with Gasteiger partial charge in [0.1, 0.15) is 36.3 Å². The smallest absolute Gasteiger partial charge is 0.232 e. The van der Waals surface area contributed by atoms with Gasteiger partial charge < -0.3 is 35.2 Å². The number of aliphatic hydroxyl groups is 5. The van der Waals surface area contributed by atoms with Crippen molar-refractivity contribution < 1.29 is 39.5 Å². The molecule has 2 aliphatic rings. The fourth-order valence-corrected chi connectivity index (χ4v) is 4.73. The van der Waals surface area contributed by atoms with Crippen molar-refractivity contribution in [2.24, 2.45) is 5.92 Å². The molecule has 178 valence electrons. The van der Waals surface area contributed by atoms with Crippen LogP contribution in [0.4, 0.5) is 10.1 Å². The van der Waals surface area contributed by atoms with Gasteiger partial charge in [0, 0.05) is 5.69 Å². The van der Waals surface area contributed by atoms with Crippen molar-refractivity contribution in [3.63, 3.8) is 0 Å². The molecular formula is C24H28FNO7. The van der Waals surface area contributed by atoms with Gasteiger partial charge in [0.2, 0.25) is 5.91 Å². The molecule has 2 aromatic carbocycles. The molecule has 2 fully saturated rings. The third-order valence-corrected chi connectivity index (χ3v) is 6.57. The Morgan fingerprint density at radius 1 is 0.970 bits per heavy atom. The summed E-state index contributed by atoms with van der Waals surface area (Å²) in [6.07, 6.45) is -7.16. The Labute approximate surface area is 190 Å². The number of rotatable bonds is 7. The highest BCUT2D eigenvalue weighted by atomic mass is 19.1. The van der Waals surface area contributed by atoms with Crippen LogP contribution in [0.5, 0.6) is 0 Å². The van der Waals surface area contributed by atoms with E-state index in [1.165, 1.54) is 29.2 Å². The molecular weight excluding hydrogens is 433 g/mol. The predicted molar refractivity (Wildman–Crippen MR) is 116 cm³/mol. The number of para-hydroxylation sites is 1. The number of hydrogen-bond donors (Lipinski definition) is 5. The van der Waals surface area contributed by atoms with Gasteiger partial charge in [-0.25, -0.2) is 4.39 Å². The van der Waals surface area contributed by atoms with Crippen LogP contribution in [0.3, 0.4) is 0 Å². The lowest BCUT2D eigenvalue weighted by atomic mass is 9.75. The van der Waals surface area contributed by atoms with Crippen LogP contribution in [0, 0.1) is 11.7 Å². The maximum absolute atomic E-state index is 13.2. The van der Waals surface area contributed by atoms with Gasteiger partial charge in [0.25, 0.3) is 0 Å². The van der Waals surface area contributed by atoms with Crippen LogP contribution >= 0.6 is 0 Å². The van der Waals surface area contributed by atoms with Crippen molar-refractivity contribution in [3.05, 3.63) is 66.0 Å². The van der Waals surface area contributed by atoms with Gasteiger partial charge >= 0.3 is 0 Å². The topological polar surface area (TPSA) is 131 Å². The lowest BCUT2D eigenvalue weighted by molar-refractivity contribution is -0.239. The van der Waals surface area contributed by atoms with E-state index in [-0.39, 0.29) is 18.7 Å². The first-order valence-corrected chi connectivity index (χ1v) is 11.0. The molecule has 4 rings (SSSR count). The number of ether oxygens (including phenoxy) is 1. The molecule has 0 aliphatic carbocycles. The molecule has 0 unspecified atom stereocenters. The maximum atomic E-state index is 13.2. The highest BCUT2D eigenvalue weighted by molar-refractivity contribution is 6.03. The van der Waals surface area contributed by atoms with Crippen LogP contribution in [-0.2, 0) is 9.53 Å². The fourth-order valence-electron chi connectivity index (χ4n) is 4.73. The van der Waals surface area contributed by atoms with E-state index < -0.39 is 61.0 Å². The Bertz CT molecular complexity index is 942. The Morgan fingerprint density at radius 2 is 1.64 bits per heavy atom. The van der Waals surface area contributed by atoms with Crippen molar-refractivity contribution in [1.29, 1.82) is 0 Å². The van der Waals surface area contributed by atoms with Gasteiger partial charge in [-0.3, -0.25) is 4.79 Å². The zero-order valence-corrected chi connectivity index (χ0v) is 17.8. The first-order chi connectivity index (χ1) is 15.8. The van der Waals surface area contributed by atoms with Crippen LogP contribution in [0.15, 0.2) is 54.6 Å². The first kappa shape index (κ1) is 23.7. The maximum Gasteiger partial charge on any atom is 0.232 e. The molecule has 2 aliphatic heterocycles. The Morgan fingerprint density at radius 3 is 2.27 bits per heavy atom. The molecule has 1 amide bonds. The van der Waals surface area contributed by atoms with Crippen molar-refractivity contribution in [2.45, 2.75) is 55.5 Å². The number of nitrogens with zero attached hydrogens (tertiary/aromatic N) is 1. The number of β-lactam (4-membered cyclic amide) rings is 1. The standard InChI is InChI=1S/C24H28FNO7/c25-14-8-6-13(7-9-14)17(28)11-10-16-19(26(24(16)32)15-4-2-1-3-5-15)23-22(31)21(30)20(29)18(12-27)33-23/h1-9,16-23,27-31H,10-12H2/t16-,17+,18-,19+,20-,21+,22+,23+/m1/s1. The van der Waals surface area contributed by atoms with Gasteiger partial charge in [0.15, 0.2) is 0 Å². The summed E-state index contributed by atoms with van der Waals surface area (Å²) in [6, 6.07) is 13.6. The number of carbonyl (C=O) groups is 1. The minimum atomic E-state index is -1.56. The van der Waals surface area contributed by atoms with E-state index in [0.717, 1.165) is 0 Å². The molecule has 5 N–H and O–H groups in total. The quantitative estimate of drug-likeness (QED) is 0.380. The highest BCUT2D eigenvalue weighted by Gasteiger charge is 2.57. The number of benzene rings is 2. The number of amides is 1. The van der Waals surface area contributed by atoms with Crippen molar-refractivity contribution in [1.82, 2.24) is 0 Å². The second-order valence-electron chi connectivity index (χ2n) is 8.58. The summed E-state index contributed by atoms with van der Waals surface area (Å²) < 4.78 is 18.9. The zero-order chi connectivity index (χ0) is 23.7. The molecule has 8 nitrogen and oxygen atoms in total. The minimum Gasteiger partial charge on any atom is -0.394 e. The largest absolute Gasteiger partial charge is 0.394 e. The van der Waals surface area contributed by atoms with Crippen LogP contribution in [0.25, 0.3) is 0 Å². The molecule has 2 heterocycles. The number of anilines is 1. The second kappa shape index (κ2) is 9.84. The molecule has 0 bridgehead atoms. The number of hydrogen-bond acceptors (Lipinski definition) is 7. The summed E-state index contributed by atoms with van der Waals surface area (Å²) in [7, 11) is 0. The first-order valence-electron chi connectivity index (χ1n) is 11.0. The Balaban J connectivity index is 1.56. The molecule has 33 heavy (non-hydrogen) atoms. The summed E-state index contributed by atoms with van der Waals surface area (Å²) >= 11 is 0. The molecule has 2 aromatic rings. The SMILES string of the molecule is O=C1[C@H](CC[C@H](O)c2ccc(F)cc2)[C@@H]([C@@H]2O[C@H](CO)[C@@H](O)[C@H](O)[C@@H]2O)N1c1ccccc1. The fraction of sp³-hybridized carbons (Fsp3) is 0.458. The van der Waals surface area contributed by atoms with E-state index in [4.69, 9.17) is 4.74 Å². The second-order valence-corrected chi connectivity index (χ2v) is 8.58. The van der Waals surface area contributed by atoms with E-state index in [0.29, 0.717) is 11.3 Å². The summed E-state index contributed by atoms with van der Waals surface area (Å²) in [5, 5.41) is 51.2. The molecule has 8 atom stereocenters. The zero-order valence-electron chi connectivity index (χ0n) is 17.8. The Kier molecular flexibility index (Phi) is 7.08. The van der Waals surface area contributed by atoms with E-state index in [9.17, 15) is 34.7 Å². The van der Waals surface area contributed by atoms with Crippen LogP contribution in [0.2, 0.25) is 0 Å². The van der Waals surface area contributed by atoms with E-state index in [1.807, 2.05) is 0 Å². The van der Waals surface area contributed by atoms with Gasteiger partial charge in [-0.1, -0.05) is 30.3 Å². The molecule has 2 saturated heterocycles. The van der Waals surface area contributed by atoms with Crippen LogP contribution in [-0.4, -0.2) is 74.6 Å². The van der Waals surface area contributed by atoms with E-state index in [1.54, 1.807) is 30.3 Å². The third kappa shape index (κ3) is 4.52. The van der Waals surface area contributed by atoms with Crippen molar-refractivity contribution in [3.8, 4) is 0 Å². The number of carbonyl (C=O) groups excluding carboxylic acids is 1. The highest BCUT2D eigenvalue weighted by Crippen LogP contribution is 2.42. The lowest BCUT2D eigenvalue weighted by Gasteiger charge is -2.54. The normalized spacial score (nSPS) is 33.0. The average molecular weight is 461 g/mol. The average Bonchev–Trinajstić information content (AvgIpc) is 2.82. The monoisotopic (exact) mass is 461 g/mol. The minimum absolute atomic E-state index is 0.207. The number of halogens is 1. The van der Waals surface area contributed by atoms with Crippen molar-refractivity contribution >= 4 is 11.6 Å². The summed E-state index contributed by atoms with van der Waals surface area (Å²) in [4.78, 5) is 14.6. The van der Waals surface area contributed by atoms with E-state index in [2.05, 4.69) is 0 Å². The molecule has 0 saturated carbocycles. The molecule has 9 heteroatoms. The summed E-state index contributed by atoms with van der Waals surface area (Å²) in [5.74, 6) is -1.28. The van der Waals surface area contributed by atoms with Crippen LogP contribution in [0.1, 0.15) is 24.5 Å². The van der Waals surface area contributed by atoms with Crippen molar-refractivity contribution in [2.75, 3.05) is 11.5 Å². The predicted octanol–water partition coefficient (Wildman–Crippen LogP) is 0.513. The lowest BCUT2D eigenvalue weighted by Crippen LogP contribution is -2.73. The van der Waals surface area contributed by atoms with Gasteiger partial charge in [-0.2, -0.15) is 0 Å². The van der Waals surface area contributed by atoms with Crippen LogP contribution < -0.4 is 4.90 Å². The molecule has 0 spiro atoms. The van der Waals surface area contributed by atoms with Gasteiger partial charge in [0.05, 0.1) is 24.7 Å². The van der Waals surface area contributed by atoms with Gasteiger partial charge in [-0.15, -0.1) is 0 Å². The number of aliphatic hydroxyl groups excluding tert-OH is 5. The molecule has 0 aromatic heterocycles. The third-order valence-electron chi connectivity index (χ3n) is 6.57.